The maximum atomic E-state index is 12.1. The van der Waals surface area contributed by atoms with Crippen molar-refractivity contribution in [2.75, 3.05) is 0 Å². The van der Waals surface area contributed by atoms with Gasteiger partial charge in [0.05, 0.1) is 5.02 Å². The highest BCUT2D eigenvalue weighted by molar-refractivity contribution is 9.10. The van der Waals surface area contributed by atoms with Gasteiger partial charge in [-0.05, 0) is 54.6 Å². The van der Waals surface area contributed by atoms with Gasteiger partial charge in [0.2, 0.25) is 5.90 Å². The van der Waals surface area contributed by atoms with E-state index in [1.807, 2.05) is 24.3 Å². The van der Waals surface area contributed by atoms with E-state index in [4.69, 9.17) is 32.4 Å². The number of hydrogen-bond acceptors (Lipinski definition) is 4. The van der Waals surface area contributed by atoms with Crippen LogP contribution in [-0.4, -0.2) is 11.9 Å². The summed E-state index contributed by atoms with van der Waals surface area (Å²) in [6, 6.07) is 15.9. The summed E-state index contributed by atoms with van der Waals surface area (Å²) < 4.78 is 11.9. The van der Waals surface area contributed by atoms with Gasteiger partial charge >= 0.3 is 5.97 Å². The quantitative estimate of drug-likeness (QED) is 0.336. The molecule has 0 bridgehead atoms. The molecule has 0 unspecified atom stereocenters. The van der Waals surface area contributed by atoms with Crippen molar-refractivity contribution in [3.8, 4) is 11.3 Å². The molecule has 4 rings (SSSR count). The van der Waals surface area contributed by atoms with E-state index >= 15 is 0 Å². The smallest absolute Gasteiger partial charge is 0.363 e. The van der Waals surface area contributed by atoms with Crippen molar-refractivity contribution in [1.29, 1.82) is 0 Å². The van der Waals surface area contributed by atoms with Gasteiger partial charge in [-0.2, -0.15) is 0 Å². The second-order valence-corrected chi connectivity index (χ2v) is 7.43. The molecular formula is C20H10BrCl2NO3. The summed E-state index contributed by atoms with van der Waals surface area (Å²) in [5.41, 5.74) is 1.54. The standard InChI is InChI=1S/C20H10BrCl2NO3/c21-12-3-1-11(2-4-12)19-24-17(20(25)27-19)10-14-6-8-18(26-14)15-9-13(22)5-7-16(15)23/h1-10H/b17-10-. The van der Waals surface area contributed by atoms with E-state index in [0.29, 0.717) is 32.7 Å². The van der Waals surface area contributed by atoms with E-state index in [-0.39, 0.29) is 11.6 Å². The van der Waals surface area contributed by atoms with Crippen LogP contribution in [0.1, 0.15) is 11.3 Å². The van der Waals surface area contributed by atoms with Crippen LogP contribution in [-0.2, 0) is 9.53 Å². The van der Waals surface area contributed by atoms with E-state index in [9.17, 15) is 4.79 Å². The zero-order valence-electron chi connectivity index (χ0n) is 13.6. The maximum Gasteiger partial charge on any atom is 0.363 e. The van der Waals surface area contributed by atoms with E-state index in [0.717, 1.165) is 4.47 Å². The van der Waals surface area contributed by atoms with Gasteiger partial charge in [0, 0.05) is 26.7 Å². The fourth-order valence-corrected chi connectivity index (χ4v) is 3.17. The van der Waals surface area contributed by atoms with Crippen LogP contribution in [0, 0.1) is 0 Å². The highest BCUT2D eigenvalue weighted by Gasteiger charge is 2.24. The highest BCUT2D eigenvalue weighted by Crippen LogP contribution is 2.32. The first kappa shape index (κ1) is 18.0. The lowest BCUT2D eigenvalue weighted by Gasteiger charge is -2.01. The average Bonchev–Trinajstić information content (AvgIpc) is 3.25. The minimum absolute atomic E-state index is 0.158. The Morgan fingerprint density at radius 1 is 1.00 bits per heavy atom. The molecule has 3 aromatic rings. The van der Waals surface area contributed by atoms with Gasteiger partial charge in [-0.3, -0.25) is 0 Å². The highest BCUT2D eigenvalue weighted by atomic mass is 79.9. The average molecular weight is 463 g/mol. The van der Waals surface area contributed by atoms with E-state index < -0.39 is 5.97 Å². The van der Waals surface area contributed by atoms with Crippen molar-refractivity contribution >= 4 is 57.1 Å². The van der Waals surface area contributed by atoms with Gasteiger partial charge in [-0.15, -0.1) is 0 Å². The molecule has 0 fully saturated rings. The number of halogens is 3. The fourth-order valence-electron chi connectivity index (χ4n) is 2.52. The number of aliphatic imine (C=N–C) groups is 1. The molecule has 0 amide bonds. The first-order chi connectivity index (χ1) is 13.0. The third-order valence-corrected chi connectivity index (χ3v) is 4.90. The number of rotatable bonds is 3. The third kappa shape index (κ3) is 3.86. The summed E-state index contributed by atoms with van der Waals surface area (Å²) in [6.45, 7) is 0. The summed E-state index contributed by atoms with van der Waals surface area (Å²) in [6.07, 6.45) is 1.52. The largest absolute Gasteiger partial charge is 0.457 e. The second-order valence-electron chi connectivity index (χ2n) is 5.67. The van der Waals surface area contributed by atoms with Crippen molar-refractivity contribution < 1.29 is 13.9 Å². The molecular weight excluding hydrogens is 453 g/mol. The van der Waals surface area contributed by atoms with Crippen LogP contribution in [0.5, 0.6) is 0 Å². The molecule has 0 saturated heterocycles. The summed E-state index contributed by atoms with van der Waals surface area (Å²) in [4.78, 5) is 16.4. The molecule has 27 heavy (non-hydrogen) atoms. The first-order valence-electron chi connectivity index (χ1n) is 7.83. The summed E-state index contributed by atoms with van der Waals surface area (Å²) in [7, 11) is 0. The molecule has 0 radical (unpaired) electrons. The van der Waals surface area contributed by atoms with Crippen molar-refractivity contribution in [2.24, 2.45) is 4.99 Å². The van der Waals surface area contributed by atoms with Crippen molar-refractivity contribution in [3.05, 3.63) is 86.1 Å². The number of ether oxygens (including phenoxy) is 1. The van der Waals surface area contributed by atoms with E-state index in [1.54, 1.807) is 30.3 Å². The minimum Gasteiger partial charge on any atom is -0.457 e. The summed E-state index contributed by atoms with van der Waals surface area (Å²) >= 11 is 15.6. The molecule has 1 aliphatic rings. The van der Waals surface area contributed by atoms with E-state index in [1.165, 1.54) is 6.08 Å². The molecule has 134 valence electrons. The molecule has 2 aromatic carbocycles. The van der Waals surface area contributed by atoms with Crippen LogP contribution < -0.4 is 0 Å². The van der Waals surface area contributed by atoms with Crippen molar-refractivity contribution in [1.82, 2.24) is 0 Å². The number of esters is 1. The zero-order chi connectivity index (χ0) is 19.0. The molecule has 1 aliphatic heterocycles. The van der Waals surface area contributed by atoms with Crippen LogP contribution in [0.25, 0.3) is 17.4 Å². The number of hydrogen-bond donors (Lipinski definition) is 0. The Morgan fingerprint density at radius 2 is 1.78 bits per heavy atom. The molecule has 2 heterocycles. The Labute approximate surface area is 173 Å². The zero-order valence-corrected chi connectivity index (χ0v) is 16.7. The SMILES string of the molecule is O=C1OC(c2ccc(Br)cc2)=N/C1=C\c1ccc(-c2cc(Cl)ccc2Cl)o1. The summed E-state index contributed by atoms with van der Waals surface area (Å²) in [5.74, 6) is 0.710. The minimum atomic E-state index is -0.536. The van der Waals surface area contributed by atoms with Gasteiger partial charge in [0.15, 0.2) is 5.70 Å². The van der Waals surface area contributed by atoms with Crippen LogP contribution >= 0.6 is 39.1 Å². The van der Waals surface area contributed by atoms with Crippen molar-refractivity contribution in [3.63, 3.8) is 0 Å². The Hall–Kier alpha value is -2.34. The third-order valence-electron chi connectivity index (χ3n) is 3.81. The fraction of sp³-hybridized carbons (Fsp3) is 0. The number of nitrogens with zero attached hydrogens (tertiary/aromatic N) is 1. The number of furan rings is 1. The molecule has 0 aliphatic carbocycles. The molecule has 1 aromatic heterocycles. The predicted molar refractivity (Wildman–Crippen MR) is 109 cm³/mol. The van der Waals surface area contributed by atoms with E-state index in [2.05, 4.69) is 20.9 Å². The van der Waals surface area contributed by atoms with Crippen LogP contribution in [0.3, 0.4) is 0 Å². The normalized spacial score (nSPS) is 15.1. The Kier molecular flexibility index (Phi) is 4.91. The van der Waals surface area contributed by atoms with Gasteiger partial charge in [0.25, 0.3) is 0 Å². The van der Waals surface area contributed by atoms with Gasteiger partial charge in [-0.1, -0.05) is 39.1 Å². The molecule has 4 nitrogen and oxygen atoms in total. The van der Waals surface area contributed by atoms with Gasteiger partial charge in [0.1, 0.15) is 11.5 Å². The first-order valence-corrected chi connectivity index (χ1v) is 9.38. The number of carbonyl (C=O) groups excluding carboxylic acids is 1. The van der Waals surface area contributed by atoms with Crippen molar-refractivity contribution in [2.45, 2.75) is 0 Å². The lowest BCUT2D eigenvalue weighted by Crippen LogP contribution is -2.05. The Morgan fingerprint density at radius 3 is 2.56 bits per heavy atom. The topological polar surface area (TPSA) is 51.8 Å². The number of benzene rings is 2. The number of carbonyl (C=O) groups is 1. The molecule has 0 N–H and O–H groups in total. The Balaban J connectivity index is 1.64. The molecule has 7 heteroatoms. The van der Waals surface area contributed by atoms with Crippen LogP contribution in [0.4, 0.5) is 0 Å². The molecule has 0 spiro atoms. The van der Waals surface area contributed by atoms with Crippen LogP contribution in [0.2, 0.25) is 10.0 Å². The number of cyclic esters (lactones) is 1. The molecule has 0 saturated carbocycles. The predicted octanol–water partition coefficient (Wildman–Crippen LogP) is 6.36. The van der Waals surface area contributed by atoms with Gasteiger partial charge < -0.3 is 9.15 Å². The monoisotopic (exact) mass is 461 g/mol. The Bertz CT molecular complexity index is 1100. The van der Waals surface area contributed by atoms with Gasteiger partial charge in [-0.25, -0.2) is 9.79 Å². The molecule has 0 atom stereocenters. The summed E-state index contributed by atoms with van der Waals surface area (Å²) in [5, 5.41) is 1.07. The maximum absolute atomic E-state index is 12.1. The second kappa shape index (κ2) is 7.35. The van der Waals surface area contributed by atoms with Crippen LogP contribution in [0.15, 0.2) is 74.2 Å². The lowest BCUT2D eigenvalue weighted by molar-refractivity contribution is -0.129. The lowest BCUT2D eigenvalue weighted by atomic mass is 10.2.